The van der Waals surface area contributed by atoms with E-state index in [1.54, 1.807) is 28.9 Å². The molecule has 6 nitrogen and oxygen atoms in total. The third kappa shape index (κ3) is 5.80. The summed E-state index contributed by atoms with van der Waals surface area (Å²) < 4.78 is 56.6. The van der Waals surface area contributed by atoms with E-state index in [0.717, 1.165) is 12.1 Å². The van der Waals surface area contributed by atoms with Crippen molar-refractivity contribution in [2.45, 2.75) is 19.6 Å². The average Bonchev–Trinajstić information content (AvgIpc) is 3.09. The van der Waals surface area contributed by atoms with Gasteiger partial charge in [-0.3, -0.25) is 0 Å². The van der Waals surface area contributed by atoms with Gasteiger partial charge in [0.2, 0.25) is 5.88 Å². The van der Waals surface area contributed by atoms with E-state index >= 15 is 0 Å². The Morgan fingerprint density at radius 1 is 1.18 bits per heavy atom. The second-order valence-corrected chi connectivity index (χ2v) is 7.89. The number of halogens is 5. The topological polar surface area (TPSA) is 62.6 Å². The third-order valence-electron chi connectivity index (χ3n) is 4.51. The predicted octanol–water partition coefficient (Wildman–Crippen LogP) is 6.25. The number of rotatable bonds is 8. The summed E-state index contributed by atoms with van der Waals surface area (Å²) >= 11 is 9.44. The van der Waals surface area contributed by atoms with Crippen molar-refractivity contribution in [3.05, 3.63) is 63.1 Å². The molecule has 0 spiro atoms. The molecule has 0 fully saturated rings. The van der Waals surface area contributed by atoms with Crippen LogP contribution < -0.4 is 9.47 Å². The fraction of sp³-hybridized carbons (Fsp3) is 0.273. The number of benzene rings is 2. The van der Waals surface area contributed by atoms with E-state index in [4.69, 9.17) is 25.8 Å². The van der Waals surface area contributed by atoms with Gasteiger partial charge >= 0.3 is 12.1 Å². The summed E-state index contributed by atoms with van der Waals surface area (Å²) in [6, 6.07) is 9.69. The average molecular weight is 548 g/mol. The molecule has 0 radical (unpaired) electrons. The summed E-state index contributed by atoms with van der Waals surface area (Å²) in [4.78, 5) is 11.9. The van der Waals surface area contributed by atoms with E-state index in [1.807, 2.05) is 6.92 Å². The number of aromatic nitrogens is 2. The van der Waals surface area contributed by atoms with Crippen LogP contribution in [0.15, 0.2) is 46.9 Å². The zero-order valence-corrected chi connectivity index (χ0v) is 19.9. The molecule has 0 N–H and O–H groups in total. The predicted molar refractivity (Wildman–Crippen MR) is 120 cm³/mol. The first-order valence-electron chi connectivity index (χ1n) is 9.73. The van der Waals surface area contributed by atoms with Crippen molar-refractivity contribution in [1.29, 1.82) is 0 Å². The lowest BCUT2D eigenvalue weighted by molar-refractivity contribution is -0.137. The van der Waals surface area contributed by atoms with Crippen LogP contribution in [0, 0.1) is 0 Å². The molecule has 3 aromatic rings. The van der Waals surface area contributed by atoms with Crippen LogP contribution in [0.25, 0.3) is 11.3 Å². The SMILES string of the molecule is CCOc1c(Br)c(-c2cccc(C(=O)OC)c2)nn1CCOc1ccc(C(F)(F)F)cc1Cl. The molecule has 0 aliphatic carbocycles. The Kier molecular flexibility index (Phi) is 7.91. The molecule has 1 heterocycles. The molecular formula is C22H19BrClF3N2O4. The van der Waals surface area contributed by atoms with E-state index in [0.29, 0.717) is 33.8 Å². The summed E-state index contributed by atoms with van der Waals surface area (Å²) in [6.45, 7) is 2.49. The summed E-state index contributed by atoms with van der Waals surface area (Å²) in [5, 5.41) is 4.41. The van der Waals surface area contributed by atoms with Crippen molar-refractivity contribution in [1.82, 2.24) is 9.78 Å². The van der Waals surface area contributed by atoms with Crippen molar-refractivity contribution in [3.63, 3.8) is 0 Å². The van der Waals surface area contributed by atoms with Gasteiger partial charge in [0.15, 0.2) is 0 Å². The van der Waals surface area contributed by atoms with E-state index < -0.39 is 17.7 Å². The van der Waals surface area contributed by atoms with E-state index in [-0.39, 0.29) is 23.9 Å². The van der Waals surface area contributed by atoms with Crippen LogP contribution in [-0.2, 0) is 17.5 Å². The van der Waals surface area contributed by atoms with Gasteiger partial charge in [-0.1, -0.05) is 23.7 Å². The van der Waals surface area contributed by atoms with Crippen molar-refractivity contribution < 1.29 is 32.2 Å². The van der Waals surface area contributed by atoms with Crippen LogP contribution in [0.3, 0.4) is 0 Å². The minimum Gasteiger partial charge on any atom is -0.490 e. The number of methoxy groups -OCH3 is 1. The highest BCUT2D eigenvalue weighted by atomic mass is 79.9. The van der Waals surface area contributed by atoms with Gasteiger partial charge in [-0.2, -0.15) is 18.3 Å². The molecule has 0 aliphatic rings. The van der Waals surface area contributed by atoms with E-state index in [1.165, 1.54) is 13.2 Å². The van der Waals surface area contributed by atoms with E-state index in [2.05, 4.69) is 21.0 Å². The molecule has 1 aromatic heterocycles. The zero-order chi connectivity index (χ0) is 24.2. The smallest absolute Gasteiger partial charge is 0.416 e. The molecular weight excluding hydrogens is 529 g/mol. The van der Waals surface area contributed by atoms with Crippen molar-refractivity contribution in [2.24, 2.45) is 0 Å². The fourth-order valence-corrected chi connectivity index (χ4v) is 3.85. The number of nitrogens with zero attached hydrogens (tertiary/aromatic N) is 2. The van der Waals surface area contributed by atoms with Crippen molar-refractivity contribution in [3.8, 4) is 22.9 Å². The molecule has 0 bridgehead atoms. The molecule has 176 valence electrons. The Morgan fingerprint density at radius 2 is 1.94 bits per heavy atom. The molecule has 0 aliphatic heterocycles. The van der Waals surface area contributed by atoms with Gasteiger partial charge < -0.3 is 14.2 Å². The van der Waals surface area contributed by atoms with Gasteiger partial charge in [-0.25, -0.2) is 9.48 Å². The zero-order valence-electron chi connectivity index (χ0n) is 17.6. The maximum absolute atomic E-state index is 12.8. The standard InChI is InChI=1S/C22H19BrClF3N2O4/c1-3-32-20-18(23)19(13-5-4-6-14(11-13)21(30)31-2)28-29(20)9-10-33-17-8-7-15(12-16(17)24)22(25,26)27/h4-8,11-12H,3,9-10H2,1-2H3. The summed E-state index contributed by atoms with van der Waals surface area (Å²) in [7, 11) is 1.30. The van der Waals surface area contributed by atoms with Crippen molar-refractivity contribution >= 4 is 33.5 Å². The first-order chi connectivity index (χ1) is 15.7. The number of ether oxygens (including phenoxy) is 3. The van der Waals surface area contributed by atoms with E-state index in [9.17, 15) is 18.0 Å². The second-order valence-electron chi connectivity index (χ2n) is 6.69. The number of alkyl halides is 3. The molecule has 3 rings (SSSR count). The fourth-order valence-electron chi connectivity index (χ4n) is 2.98. The van der Waals surface area contributed by atoms with Crippen LogP contribution in [-0.4, -0.2) is 36.1 Å². The van der Waals surface area contributed by atoms with Gasteiger partial charge in [0.05, 0.1) is 36.4 Å². The highest BCUT2D eigenvalue weighted by Gasteiger charge is 2.31. The highest BCUT2D eigenvalue weighted by molar-refractivity contribution is 9.10. The van der Waals surface area contributed by atoms with Gasteiger partial charge in [-0.15, -0.1) is 0 Å². The van der Waals surface area contributed by atoms with Crippen LogP contribution in [0.1, 0.15) is 22.8 Å². The Labute approximate surface area is 201 Å². The Hall–Kier alpha value is -2.72. The normalized spacial score (nSPS) is 11.4. The lowest BCUT2D eigenvalue weighted by Crippen LogP contribution is -2.12. The minimum atomic E-state index is -4.49. The van der Waals surface area contributed by atoms with Crippen LogP contribution in [0.2, 0.25) is 5.02 Å². The second kappa shape index (κ2) is 10.5. The summed E-state index contributed by atoms with van der Waals surface area (Å²) in [5.74, 6) is 0.0946. The maximum atomic E-state index is 12.8. The van der Waals surface area contributed by atoms with Gasteiger partial charge in [-0.05, 0) is 53.2 Å². The molecule has 11 heteroatoms. The van der Waals surface area contributed by atoms with Gasteiger partial charge in [0.1, 0.15) is 22.5 Å². The first-order valence-corrected chi connectivity index (χ1v) is 10.9. The third-order valence-corrected chi connectivity index (χ3v) is 5.52. The lowest BCUT2D eigenvalue weighted by Gasteiger charge is -2.12. The number of carbonyl (C=O) groups excluding carboxylic acids is 1. The van der Waals surface area contributed by atoms with Crippen LogP contribution >= 0.6 is 27.5 Å². The summed E-state index contributed by atoms with van der Waals surface area (Å²) in [5.41, 5.74) is 0.718. The molecule has 0 unspecified atom stereocenters. The van der Waals surface area contributed by atoms with Gasteiger partial charge in [0.25, 0.3) is 0 Å². The Morgan fingerprint density at radius 3 is 2.58 bits per heavy atom. The number of hydrogen-bond acceptors (Lipinski definition) is 5. The van der Waals surface area contributed by atoms with Crippen molar-refractivity contribution in [2.75, 3.05) is 20.3 Å². The number of carbonyl (C=O) groups is 1. The summed E-state index contributed by atoms with van der Waals surface area (Å²) in [6.07, 6.45) is -4.49. The Balaban J connectivity index is 1.81. The quantitative estimate of drug-likeness (QED) is 0.312. The molecule has 0 atom stereocenters. The first kappa shape index (κ1) is 24.9. The van der Waals surface area contributed by atoms with Crippen LogP contribution in [0.5, 0.6) is 11.6 Å². The lowest BCUT2D eigenvalue weighted by atomic mass is 10.1. The molecule has 0 amide bonds. The number of hydrogen-bond donors (Lipinski definition) is 0. The minimum absolute atomic E-state index is 0.0704. The Bertz CT molecular complexity index is 1150. The number of esters is 1. The largest absolute Gasteiger partial charge is 0.490 e. The van der Waals surface area contributed by atoms with Gasteiger partial charge in [0, 0.05) is 5.56 Å². The maximum Gasteiger partial charge on any atom is 0.416 e. The monoisotopic (exact) mass is 546 g/mol. The molecule has 0 saturated heterocycles. The molecule has 0 saturated carbocycles. The van der Waals surface area contributed by atoms with Crippen LogP contribution in [0.4, 0.5) is 13.2 Å². The molecule has 33 heavy (non-hydrogen) atoms. The molecule has 2 aromatic carbocycles. The highest BCUT2D eigenvalue weighted by Crippen LogP contribution is 2.37.